The average Bonchev–Trinajstić information content (AvgIpc) is 2.47. The molecule has 0 aliphatic rings. The monoisotopic (exact) mass is 357 g/mol. The number of nitrogens with one attached hydrogen (secondary N) is 1. The van der Waals surface area contributed by atoms with Gasteiger partial charge in [-0.15, -0.1) is 0 Å². The number of rotatable bonds is 7. The molecule has 21 heavy (non-hydrogen) atoms. The first kappa shape index (κ1) is 17.9. The summed E-state index contributed by atoms with van der Waals surface area (Å²) in [6.45, 7) is 4.22. The van der Waals surface area contributed by atoms with E-state index in [2.05, 4.69) is 21.2 Å². The Bertz CT molecular complexity index is 501. The molecule has 5 heteroatoms. The molecule has 0 bridgehead atoms. The van der Waals surface area contributed by atoms with Gasteiger partial charge in [0.25, 0.3) is 0 Å². The zero-order valence-electron chi connectivity index (χ0n) is 12.3. The molecule has 1 unspecified atom stereocenters. The first-order valence-corrected chi connectivity index (χ1v) is 7.86. The summed E-state index contributed by atoms with van der Waals surface area (Å²) in [7, 11) is 0. The van der Waals surface area contributed by atoms with E-state index >= 15 is 0 Å². The predicted molar refractivity (Wildman–Crippen MR) is 86.2 cm³/mol. The Morgan fingerprint density at radius 2 is 2.10 bits per heavy atom. The van der Waals surface area contributed by atoms with Crippen molar-refractivity contribution in [3.63, 3.8) is 0 Å². The summed E-state index contributed by atoms with van der Waals surface area (Å²) in [5.74, 6) is -0.560. The molecule has 2 N–H and O–H groups in total. The Balaban J connectivity index is 2.53. The normalized spacial score (nSPS) is 12.9. The van der Waals surface area contributed by atoms with E-state index in [1.807, 2.05) is 13.8 Å². The van der Waals surface area contributed by atoms with Crippen LogP contribution in [0, 0.1) is 11.7 Å². The first-order chi connectivity index (χ1) is 9.97. The molecule has 1 aromatic rings. The van der Waals surface area contributed by atoms with Gasteiger partial charge in [0.2, 0.25) is 5.91 Å². The number of carbonyl (C=O) groups excluding carboxylic acids is 1. The van der Waals surface area contributed by atoms with Crippen molar-refractivity contribution in [2.45, 2.75) is 32.8 Å². The lowest BCUT2D eigenvalue weighted by Crippen LogP contribution is -2.35. The Labute approximate surface area is 133 Å². The zero-order valence-corrected chi connectivity index (χ0v) is 13.9. The second-order valence-electron chi connectivity index (χ2n) is 4.89. The summed E-state index contributed by atoms with van der Waals surface area (Å²) in [5, 5.41) is 12.5. The van der Waals surface area contributed by atoms with Crippen LogP contribution < -0.4 is 5.32 Å². The van der Waals surface area contributed by atoms with Gasteiger partial charge < -0.3 is 10.4 Å². The Kier molecular flexibility index (Phi) is 7.61. The zero-order chi connectivity index (χ0) is 15.8. The molecule has 0 heterocycles. The van der Waals surface area contributed by atoms with Crippen LogP contribution in [0.15, 0.2) is 28.7 Å². The highest BCUT2D eigenvalue weighted by molar-refractivity contribution is 9.10. The molecule has 0 fully saturated rings. The Morgan fingerprint density at radius 1 is 1.43 bits per heavy atom. The van der Waals surface area contributed by atoms with Crippen LogP contribution in [0.2, 0.25) is 0 Å². The van der Waals surface area contributed by atoms with E-state index in [0.29, 0.717) is 5.56 Å². The maximum atomic E-state index is 13.5. The van der Waals surface area contributed by atoms with Gasteiger partial charge in [0.1, 0.15) is 5.82 Å². The van der Waals surface area contributed by atoms with Gasteiger partial charge in [-0.25, -0.2) is 4.39 Å². The molecule has 0 spiro atoms. The fraction of sp³-hybridized carbons (Fsp3) is 0.438. The molecule has 3 nitrogen and oxygen atoms in total. The van der Waals surface area contributed by atoms with Crippen molar-refractivity contribution in [1.29, 1.82) is 0 Å². The average molecular weight is 358 g/mol. The molecule has 0 aliphatic heterocycles. The number of aliphatic hydroxyl groups is 1. The topological polar surface area (TPSA) is 49.3 Å². The van der Waals surface area contributed by atoms with Crippen LogP contribution in [-0.2, 0) is 4.79 Å². The number of halogens is 2. The summed E-state index contributed by atoms with van der Waals surface area (Å²) < 4.78 is 14.2. The van der Waals surface area contributed by atoms with E-state index in [-0.39, 0.29) is 24.2 Å². The minimum absolute atomic E-state index is 0.178. The van der Waals surface area contributed by atoms with E-state index in [9.17, 15) is 14.3 Å². The highest BCUT2D eigenvalue weighted by Crippen LogP contribution is 2.16. The van der Waals surface area contributed by atoms with Gasteiger partial charge in [-0.2, -0.15) is 0 Å². The standard InChI is InChI=1S/C16H21BrFNO2/c1-3-11(4-2)15(20)10-19-16(21)8-5-12-9-13(17)6-7-14(12)18/h5-9,11,15,20H,3-4,10H2,1-2H3,(H,19,21)/b8-5+. The van der Waals surface area contributed by atoms with Crippen LogP contribution in [0.5, 0.6) is 0 Å². The van der Waals surface area contributed by atoms with Crippen LogP contribution in [0.3, 0.4) is 0 Å². The van der Waals surface area contributed by atoms with Gasteiger partial charge in [-0.1, -0.05) is 42.6 Å². The minimum Gasteiger partial charge on any atom is -0.391 e. The third-order valence-corrected chi connectivity index (χ3v) is 3.94. The SMILES string of the molecule is CCC(CC)C(O)CNC(=O)/C=C/c1cc(Br)ccc1F. The number of benzene rings is 1. The fourth-order valence-corrected chi connectivity index (χ4v) is 2.45. The highest BCUT2D eigenvalue weighted by Gasteiger charge is 2.15. The molecule has 1 amide bonds. The molecule has 1 rings (SSSR count). The molecule has 0 saturated carbocycles. The fourth-order valence-electron chi connectivity index (χ4n) is 2.07. The van der Waals surface area contributed by atoms with Crippen LogP contribution in [0.1, 0.15) is 32.3 Å². The molecular weight excluding hydrogens is 337 g/mol. The highest BCUT2D eigenvalue weighted by atomic mass is 79.9. The summed E-state index contributed by atoms with van der Waals surface area (Å²) in [4.78, 5) is 11.7. The van der Waals surface area contributed by atoms with E-state index in [1.165, 1.54) is 18.2 Å². The molecule has 0 radical (unpaired) electrons. The van der Waals surface area contributed by atoms with Gasteiger partial charge in [0.05, 0.1) is 6.10 Å². The van der Waals surface area contributed by atoms with E-state index in [0.717, 1.165) is 17.3 Å². The lowest BCUT2D eigenvalue weighted by molar-refractivity contribution is -0.117. The van der Waals surface area contributed by atoms with Gasteiger partial charge in [-0.05, 0) is 30.2 Å². The second kappa shape index (κ2) is 8.95. The number of hydrogen-bond donors (Lipinski definition) is 2. The van der Waals surface area contributed by atoms with Gasteiger partial charge >= 0.3 is 0 Å². The van der Waals surface area contributed by atoms with E-state index in [1.54, 1.807) is 12.1 Å². The third-order valence-electron chi connectivity index (χ3n) is 3.45. The van der Waals surface area contributed by atoms with Crippen molar-refractivity contribution >= 4 is 27.9 Å². The van der Waals surface area contributed by atoms with Crippen LogP contribution in [-0.4, -0.2) is 23.7 Å². The predicted octanol–water partition coefficient (Wildman–Crippen LogP) is 3.51. The molecular formula is C16H21BrFNO2. The lowest BCUT2D eigenvalue weighted by Gasteiger charge is -2.19. The first-order valence-electron chi connectivity index (χ1n) is 7.06. The van der Waals surface area contributed by atoms with Crippen molar-refractivity contribution in [3.05, 3.63) is 40.1 Å². The number of hydrogen-bond acceptors (Lipinski definition) is 2. The molecule has 0 aliphatic carbocycles. The number of aliphatic hydroxyl groups excluding tert-OH is 1. The third kappa shape index (κ3) is 5.98. The largest absolute Gasteiger partial charge is 0.391 e. The molecule has 1 atom stereocenters. The number of carbonyl (C=O) groups is 1. The molecule has 116 valence electrons. The summed E-state index contributed by atoms with van der Waals surface area (Å²) in [6, 6.07) is 4.52. The maximum Gasteiger partial charge on any atom is 0.244 e. The quantitative estimate of drug-likeness (QED) is 0.733. The maximum absolute atomic E-state index is 13.5. The summed E-state index contributed by atoms with van der Waals surface area (Å²) >= 11 is 3.25. The van der Waals surface area contributed by atoms with Gasteiger partial charge in [-0.3, -0.25) is 4.79 Å². The van der Waals surface area contributed by atoms with Gasteiger partial charge in [0, 0.05) is 22.7 Å². The summed E-state index contributed by atoms with van der Waals surface area (Å²) in [5.41, 5.74) is 0.333. The molecule has 1 aromatic carbocycles. The smallest absolute Gasteiger partial charge is 0.244 e. The second-order valence-corrected chi connectivity index (χ2v) is 5.80. The van der Waals surface area contributed by atoms with Crippen molar-refractivity contribution in [2.75, 3.05) is 6.54 Å². The van der Waals surface area contributed by atoms with Crippen LogP contribution in [0.25, 0.3) is 6.08 Å². The van der Waals surface area contributed by atoms with Crippen LogP contribution >= 0.6 is 15.9 Å². The molecule has 0 saturated heterocycles. The lowest BCUT2D eigenvalue weighted by atomic mass is 9.96. The summed E-state index contributed by atoms with van der Waals surface area (Å²) in [6.07, 6.45) is 3.86. The number of amides is 1. The van der Waals surface area contributed by atoms with Crippen molar-refractivity contribution in [1.82, 2.24) is 5.32 Å². The van der Waals surface area contributed by atoms with Crippen molar-refractivity contribution in [3.8, 4) is 0 Å². The Morgan fingerprint density at radius 3 is 2.71 bits per heavy atom. The van der Waals surface area contributed by atoms with Gasteiger partial charge in [0.15, 0.2) is 0 Å². The Hall–Kier alpha value is -1.20. The van der Waals surface area contributed by atoms with Crippen LogP contribution in [0.4, 0.5) is 4.39 Å². The van der Waals surface area contributed by atoms with Crippen molar-refractivity contribution < 1.29 is 14.3 Å². The minimum atomic E-state index is -0.556. The van der Waals surface area contributed by atoms with Crippen molar-refractivity contribution in [2.24, 2.45) is 5.92 Å². The van der Waals surface area contributed by atoms with E-state index < -0.39 is 6.10 Å². The van der Waals surface area contributed by atoms with E-state index in [4.69, 9.17) is 0 Å². The molecule has 0 aromatic heterocycles.